The van der Waals surface area contributed by atoms with Crippen molar-refractivity contribution >= 4 is 33.2 Å². The van der Waals surface area contributed by atoms with Gasteiger partial charge in [-0.2, -0.15) is 0 Å². The van der Waals surface area contributed by atoms with Crippen LogP contribution in [0.3, 0.4) is 0 Å². The van der Waals surface area contributed by atoms with E-state index in [2.05, 4.69) is 10.2 Å². The molecule has 0 aromatic heterocycles. The number of anilines is 1. The first-order chi connectivity index (χ1) is 14.0. The lowest BCUT2D eigenvalue weighted by atomic mass is 10.0. The highest BCUT2D eigenvalue weighted by Crippen LogP contribution is 2.43. The summed E-state index contributed by atoms with van der Waals surface area (Å²) in [5, 5.41) is 3.33. The predicted octanol–water partition coefficient (Wildman–Crippen LogP) is 1.96. The van der Waals surface area contributed by atoms with E-state index in [4.69, 9.17) is 16.3 Å². The number of nitrogens with one attached hydrogen (secondary N) is 1. The van der Waals surface area contributed by atoms with Gasteiger partial charge in [-0.25, -0.2) is 8.42 Å². The summed E-state index contributed by atoms with van der Waals surface area (Å²) < 4.78 is 32.9. The average Bonchev–Trinajstić information content (AvgIpc) is 2.72. The summed E-state index contributed by atoms with van der Waals surface area (Å²) in [6.45, 7) is 3.93. The maximum absolute atomic E-state index is 13.2. The second kappa shape index (κ2) is 8.31. The smallest absolute Gasteiger partial charge is 0.265 e. The molecule has 4 rings (SSSR count). The van der Waals surface area contributed by atoms with Crippen LogP contribution in [0, 0.1) is 0 Å². The van der Waals surface area contributed by atoms with Gasteiger partial charge in [-0.05, 0) is 24.3 Å². The van der Waals surface area contributed by atoms with Gasteiger partial charge in [-0.1, -0.05) is 29.8 Å². The van der Waals surface area contributed by atoms with Gasteiger partial charge in [0.15, 0.2) is 0 Å². The molecule has 2 aliphatic heterocycles. The Morgan fingerprint density at radius 3 is 2.66 bits per heavy atom. The Bertz CT molecular complexity index is 1020. The number of nitrogens with zero attached hydrogens (tertiary/aromatic N) is 2. The Morgan fingerprint density at radius 2 is 1.86 bits per heavy atom. The average molecular weight is 436 g/mol. The van der Waals surface area contributed by atoms with Crippen molar-refractivity contribution in [2.75, 3.05) is 50.2 Å². The van der Waals surface area contributed by atoms with E-state index in [0.29, 0.717) is 48.1 Å². The number of carbonyl (C=O) groups is 1. The molecule has 0 spiro atoms. The van der Waals surface area contributed by atoms with Crippen molar-refractivity contribution in [2.45, 2.75) is 4.90 Å². The molecule has 2 heterocycles. The third-order valence-corrected chi connectivity index (χ3v) is 7.17. The highest BCUT2D eigenvalue weighted by molar-refractivity contribution is 7.93. The van der Waals surface area contributed by atoms with Crippen LogP contribution in [-0.4, -0.2) is 65.2 Å². The summed E-state index contributed by atoms with van der Waals surface area (Å²) in [6.07, 6.45) is 0. The Morgan fingerprint density at radius 1 is 1.10 bits per heavy atom. The maximum atomic E-state index is 13.2. The highest BCUT2D eigenvalue weighted by Gasteiger charge is 2.35. The van der Waals surface area contributed by atoms with Crippen LogP contribution < -0.4 is 9.62 Å². The second-order valence-corrected chi connectivity index (χ2v) is 9.24. The minimum Gasteiger partial charge on any atom is -0.379 e. The van der Waals surface area contributed by atoms with Gasteiger partial charge in [0.1, 0.15) is 6.54 Å². The van der Waals surface area contributed by atoms with Crippen LogP contribution in [0.5, 0.6) is 0 Å². The van der Waals surface area contributed by atoms with Gasteiger partial charge in [-0.3, -0.25) is 14.0 Å². The van der Waals surface area contributed by atoms with Crippen LogP contribution in [0.4, 0.5) is 5.69 Å². The lowest BCUT2D eigenvalue weighted by Gasteiger charge is -2.32. The minimum atomic E-state index is -3.85. The van der Waals surface area contributed by atoms with E-state index in [1.54, 1.807) is 42.5 Å². The standard InChI is InChI=1S/C20H22ClN3O4S/c21-15-5-6-18-17(13-15)16-3-1-2-4-19(16)29(26,27)24(18)14-20(25)22-7-8-23-9-11-28-12-10-23/h1-6,13H,7-12,14H2,(H,22,25). The Kier molecular flexibility index (Phi) is 5.78. The van der Waals surface area contributed by atoms with Crippen LogP contribution in [-0.2, 0) is 19.6 Å². The number of morpholine rings is 1. The van der Waals surface area contributed by atoms with E-state index in [1.807, 2.05) is 0 Å². The molecule has 0 radical (unpaired) electrons. The van der Waals surface area contributed by atoms with E-state index in [0.717, 1.165) is 17.4 Å². The fraction of sp³-hybridized carbons (Fsp3) is 0.350. The molecule has 2 aromatic carbocycles. The van der Waals surface area contributed by atoms with Crippen LogP contribution in [0.2, 0.25) is 5.02 Å². The van der Waals surface area contributed by atoms with Gasteiger partial charge in [0.25, 0.3) is 10.0 Å². The molecular weight excluding hydrogens is 414 g/mol. The van der Waals surface area contributed by atoms with Crippen LogP contribution in [0.1, 0.15) is 0 Å². The topological polar surface area (TPSA) is 79.0 Å². The molecule has 0 atom stereocenters. The summed E-state index contributed by atoms with van der Waals surface area (Å²) in [5.74, 6) is -0.345. The lowest BCUT2D eigenvalue weighted by molar-refractivity contribution is -0.119. The molecule has 7 nitrogen and oxygen atoms in total. The third-order valence-electron chi connectivity index (χ3n) is 5.11. The lowest BCUT2D eigenvalue weighted by Crippen LogP contribution is -2.45. The largest absolute Gasteiger partial charge is 0.379 e. The molecule has 1 N–H and O–H groups in total. The van der Waals surface area contributed by atoms with Gasteiger partial charge < -0.3 is 10.1 Å². The zero-order valence-corrected chi connectivity index (χ0v) is 17.4. The number of benzene rings is 2. The van der Waals surface area contributed by atoms with Gasteiger partial charge in [0.2, 0.25) is 5.91 Å². The normalized spacial score (nSPS) is 18.0. The third kappa shape index (κ3) is 4.11. The monoisotopic (exact) mass is 435 g/mol. The zero-order chi connectivity index (χ0) is 20.4. The van der Waals surface area contributed by atoms with E-state index < -0.39 is 10.0 Å². The predicted molar refractivity (Wildman–Crippen MR) is 112 cm³/mol. The fourth-order valence-corrected chi connectivity index (χ4v) is 5.46. The molecule has 2 aromatic rings. The molecule has 1 amide bonds. The Labute approximate surface area is 175 Å². The first kappa shape index (κ1) is 20.2. The number of halogens is 1. The van der Waals surface area contributed by atoms with E-state index in [1.165, 1.54) is 0 Å². The number of rotatable bonds is 5. The van der Waals surface area contributed by atoms with Crippen molar-refractivity contribution in [2.24, 2.45) is 0 Å². The number of ether oxygens (including phenoxy) is 1. The summed E-state index contributed by atoms with van der Waals surface area (Å²) in [4.78, 5) is 14.9. The molecule has 2 aliphatic rings. The summed E-state index contributed by atoms with van der Waals surface area (Å²) in [6, 6.07) is 11.8. The quantitative estimate of drug-likeness (QED) is 0.776. The van der Waals surface area contributed by atoms with Gasteiger partial charge in [0.05, 0.1) is 23.8 Å². The summed E-state index contributed by atoms with van der Waals surface area (Å²) in [5.41, 5.74) is 1.74. The number of hydrogen-bond donors (Lipinski definition) is 1. The van der Waals surface area contributed by atoms with Crippen LogP contribution in [0.25, 0.3) is 11.1 Å². The fourth-order valence-electron chi connectivity index (χ4n) is 3.64. The molecule has 9 heteroatoms. The van der Waals surface area contributed by atoms with Crippen molar-refractivity contribution in [3.05, 3.63) is 47.5 Å². The zero-order valence-electron chi connectivity index (χ0n) is 15.8. The van der Waals surface area contributed by atoms with Gasteiger partial charge in [0, 0.05) is 42.3 Å². The first-order valence-electron chi connectivity index (χ1n) is 9.45. The van der Waals surface area contributed by atoms with Crippen LogP contribution in [0.15, 0.2) is 47.4 Å². The van der Waals surface area contributed by atoms with Crippen LogP contribution >= 0.6 is 11.6 Å². The van der Waals surface area contributed by atoms with Crippen molar-refractivity contribution < 1.29 is 17.9 Å². The molecular formula is C20H22ClN3O4S. The van der Waals surface area contributed by atoms with E-state index in [9.17, 15) is 13.2 Å². The molecule has 0 unspecified atom stereocenters. The SMILES string of the molecule is O=C(CN1c2ccc(Cl)cc2-c2ccccc2S1(=O)=O)NCCN1CCOCC1. The molecule has 1 saturated heterocycles. The number of amides is 1. The summed E-state index contributed by atoms with van der Waals surface area (Å²) >= 11 is 6.15. The maximum Gasteiger partial charge on any atom is 0.265 e. The van der Waals surface area contributed by atoms with Crippen molar-refractivity contribution in [3.8, 4) is 11.1 Å². The number of fused-ring (bicyclic) bond motifs is 3. The number of hydrogen-bond acceptors (Lipinski definition) is 5. The van der Waals surface area contributed by atoms with E-state index in [-0.39, 0.29) is 17.3 Å². The molecule has 1 fully saturated rings. The van der Waals surface area contributed by atoms with E-state index >= 15 is 0 Å². The Balaban J connectivity index is 1.53. The summed E-state index contributed by atoms with van der Waals surface area (Å²) in [7, 11) is -3.85. The Hall–Kier alpha value is -2.13. The van der Waals surface area contributed by atoms with Crippen molar-refractivity contribution in [3.63, 3.8) is 0 Å². The molecule has 0 aliphatic carbocycles. The number of sulfonamides is 1. The van der Waals surface area contributed by atoms with Crippen molar-refractivity contribution in [1.29, 1.82) is 0 Å². The van der Waals surface area contributed by atoms with Gasteiger partial charge in [-0.15, -0.1) is 0 Å². The first-order valence-corrected chi connectivity index (χ1v) is 11.3. The molecule has 29 heavy (non-hydrogen) atoms. The molecule has 0 bridgehead atoms. The highest BCUT2D eigenvalue weighted by atomic mass is 35.5. The second-order valence-electron chi connectivity index (χ2n) is 6.97. The molecule has 0 saturated carbocycles. The minimum absolute atomic E-state index is 0.177. The number of carbonyl (C=O) groups excluding carboxylic acids is 1. The molecule has 154 valence electrons. The van der Waals surface area contributed by atoms with Crippen molar-refractivity contribution in [1.82, 2.24) is 10.2 Å². The van der Waals surface area contributed by atoms with Gasteiger partial charge >= 0.3 is 0 Å².